The summed E-state index contributed by atoms with van der Waals surface area (Å²) < 4.78 is 12.9. The highest BCUT2D eigenvalue weighted by Crippen LogP contribution is 2.21. The third-order valence-corrected chi connectivity index (χ3v) is 3.51. The van der Waals surface area contributed by atoms with Gasteiger partial charge in [-0.25, -0.2) is 9.18 Å². The Morgan fingerprint density at radius 3 is 2.50 bits per heavy atom. The van der Waals surface area contributed by atoms with Gasteiger partial charge in [-0.1, -0.05) is 35.9 Å². The van der Waals surface area contributed by atoms with Gasteiger partial charge in [-0.2, -0.15) is 0 Å². The molecule has 0 saturated carbocycles. The molecule has 116 valence electrons. The molecule has 4 nitrogen and oxygen atoms in total. The molecule has 3 N–H and O–H groups in total. The summed E-state index contributed by atoms with van der Waals surface area (Å²) in [7, 11) is 0. The Kier molecular flexibility index (Phi) is 5.00. The van der Waals surface area contributed by atoms with Crippen molar-refractivity contribution in [2.45, 2.75) is 12.5 Å². The van der Waals surface area contributed by atoms with Gasteiger partial charge in [-0.05, 0) is 36.8 Å². The first-order chi connectivity index (χ1) is 10.4. The third-order valence-electron chi connectivity index (χ3n) is 3.18. The summed E-state index contributed by atoms with van der Waals surface area (Å²) >= 11 is 5.94. The molecule has 2 aromatic rings. The number of hydrogen-bond acceptors (Lipinski definition) is 2. The van der Waals surface area contributed by atoms with Crippen LogP contribution >= 0.6 is 11.6 Å². The van der Waals surface area contributed by atoms with Crippen LogP contribution in [-0.2, 0) is 5.60 Å². The van der Waals surface area contributed by atoms with E-state index in [1.165, 1.54) is 31.2 Å². The number of rotatable bonds is 4. The monoisotopic (exact) mass is 322 g/mol. The van der Waals surface area contributed by atoms with E-state index >= 15 is 0 Å². The van der Waals surface area contributed by atoms with Gasteiger partial charge >= 0.3 is 6.03 Å². The van der Waals surface area contributed by atoms with Gasteiger partial charge in [0.05, 0.1) is 17.3 Å². The number of nitrogens with one attached hydrogen (secondary N) is 2. The Balaban J connectivity index is 1.95. The van der Waals surface area contributed by atoms with Crippen molar-refractivity contribution < 1.29 is 14.3 Å². The van der Waals surface area contributed by atoms with Gasteiger partial charge in [0.2, 0.25) is 0 Å². The molecule has 0 aliphatic rings. The number of benzene rings is 2. The smallest absolute Gasteiger partial charge is 0.319 e. The van der Waals surface area contributed by atoms with E-state index in [0.717, 1.165) is 0 Å². The summed E-state index contributed by atoms with van der Waals surface area (Å²) in [4.78, 5) is 11.8. The molecule has 0 heterocycles. The molecule has 1 atom stereocenters. The van der Waals surface area contributed by atoms with Crippen LogP contribution in [0.15, 0.2) is 48.5 Å². The van der Waals surface area contributed by atoms with E-state index in [9.17, 15) is 14.3 Å². The molecule has 2 aromatic carbocycles. The zero-order valence-electron chi connectivity index (χ0n) is 11.9. The molecule has 2 rings (SSSR count). The van der Waals surface area contributed by atoms with E-state index in [0.29, 0.717) is 16.3 Å². The summed E-state index contributed by atoms with van der Waals surface area (Å²) in [6, 6.07) is 11.8. The number of aliphatic hydroxyl groups is 1. The average Bonchev–Trinajstić information content (AvgIpc) is 2.48. The van der Waals surface area contributed by atoms with E-state index < -0.39 is 11.6 Å². The third kappa shape index (κ3) is 4.19. The SMILES string of the molecule is CC(O)(CNC(=O)Nc1ccccc1Cl)c1ccc(F)cc1. The molecule has 6 heteroatoms. The molecule has 2 amide bonds. The maximum atomic E-state index is 12.9. The van der Waals surface area contributed by atoms with Crippen LogP contribution in [0.4, 0.5) is 14.9 Å². The fraction of sp³-hybridized carbons (Fsp3) is 0.188. The minimum Gasteiger partial charge on any atom is -0.384 e. The van der Waals surface area contributed by atoms with Gasteiger partial charge in [0.25, 0.3) is 0 Å². The molecule has 0 fully saturated rings. The Morgan fingerprint density at radius 2 is 1.86 bits per heavy atom. The van der Waals surface area contributed by atoms with Crippen molar-refractivity contribution in [1.82, 2.24) is 5.32 Å². The molecule has 22 heavy (non-hydrogen) atoms. The van der Waals surface area contributed by atoms with Crippen molar-refractivity contribution in [1.29, 1.82) is 0 Å². The lowest BCUT2D eigenvalue weighted by Crippen LogP contribution is -2.40. The largest absolute Gasteiger partial charge is 0.384 e. The number of urea groups is 1. The zero-order chi connectivity index (χ0) is 16.2. The Bertz CT molecular complexity index is 659. The van der Waals surface area contributed by atoms with Crippen LogP contribution in [-0.4, -0.2) is 17.7 Å². The number of para-hydroxylation sites is 1. The summed E-state index contributed by atoms with van der Waals surface area (Å²) in [6.07, 6.45) is 0. The quantitative estimate of drug-likeness (QED) is 0.806. The zero-order valence-corrected chi connectivity index (χ0v) is 12.7. The second-order valence-electron chi connectivity index (χ2n) is 5.07. The van der Waals surface area contributed by atoms with E-state index in [4.69, 9.17) is 11.6 Å². The maximum absolute atomic E-state index is 12.9. The highest BCUT2D eigenvalue weighted by Gasteiger charge is 2.23. The number of hydrogen-bond donors (Lipinski definition) is 3. The highest BCUT2D eigenvalue weighted by atomic mass is 35.5. The Labute approximate surface area is 132 Å². The molecule has 1 unspecified atom stereocenters. The van der Waals surface area contributed by atoms with E-state index in [-0.39, 0.29) is 12.4 Å². The minimum atomic E-state index is -1.31. The van der Waals surface area contributed by atoms with Crippen LogP contribution in [0.2, 0.25) is 5.02 Å². The van der Waals surface area contributed by atoms with Gasteiger partial charge in [0.1, 0.15) is 11.4 Å². The van der Waals surface area contributed by atoms with Crippen molar-refractivity contribution in [2.75, 3.05) is 11.9 Å². The van der Waals surface area contributed by atoms with Crippen molar-refractivity contribution >= 4 is 23.3 Å². The molecule has 0 aliphatic heterocycles. The average molecular weight is 323 g/mol. The standard InChI is InChI=1S/C16H16ClFN2O2/c1-16(22,11-6-8-12(18)9-7-11)10-19-15(21)20-14-5-3-2-4-13(14)17/h2-9,22H,10H2,1H3,(H2,19,20,21). The van der Waals surface area contributed by atoms with E-state index in [1.54, 1.807) is 24.3 Å². The summed E-state index contributed by atoms with van der Waals surface area (Å²) in [5.74, 6) is -0.385. The molecule has 0 bridgehead atoms. The summed E-state index contributed by atoms with van der Waals surface area (Å²) in [6.45, 7) is 1.50. The maximum Gasteiger partial charge on any atom is 0.319 e. The number of carbonyl (C=O) groups is 1. The fourth-order valence-electron chi connectivity index (χ4n) is 1.89. The molecule has 0 aromatic heterocycles. The first-order valence-corrected chi connectivity index (χ1v) is 7.04. The molecular weight excluding hydrogens is 307 g/mol. The summed E-state index contributed by atoms with van der Waals surface area (Å²) in [5.41, 5.74) is -0.332. The van der Waals surface area contributed by atoms with Crippen molar-refractivity contribution in [2.24, 2.45) is 0 Å². The van der Waals surface area contributed by atoms with Crippen LogP contribution in [0.25, 0.3) is 0 Å². The number of halogens is 2. The lowest BCUT2D eigenvalue weighted by atomic mass is 9.96. The molecule has 0 aliphatic carbocycles. The second kappa shape index (κ2) is 6.77. The van der Waals surface area contributed by atoms with Crippen LogP contribution in [0.1, 0.15) is 12.5 Å². The predicted molar refractivity (Wildman–Crippen MR) is 84.4 cm³/mol. The lowest BCUT2D eigenvalue weighted by molar-refractivity contribution is 0.0599. The molecule has 0 saturated heterocycles. The van der Waals surface area contributed by atoms with E-state index in [1.807, 2.05) is 0 Å². The van der Waals surface area contributed by atoms with Gasteiger partial charge in [-0.3, -0.25) is 0 Å². The lowest BCUT2D eigenvalue weighted by Gasteiger charge is -2.24. The van der Waals surface area contributed by atoms with Crippen molar-refractivity contribution in [3.8, 4) is 0 Å². The van der Waals surface area contributed by atoms with E-state index in [2.05, 4.69) is 10.6 Å². The topological polar surface area (TPSA) is 61.4 Å². The Hall–Kier alpha value is -2.11. The molecule has 0 spiro atoms. The van der Waals surface area contributed by atoms with Crippen LogP contribution < -0.4 is 10.6 Å². The van der Waals surface area contributed by atoms with Crippen LogP contribution in [0.5, 0.6) is 0 Å². The van der Waals surface area contributed by atoms with Crippen molar-refractivity contribution in [3.05, 3.63) is 64.9 Å². The first kappa shape index (κ1) is 16.3. The number of anilines is 1. The molecular formula is C16H16ClFN2O2. The Morgan fingerprint density at radius 1 is 1.23 bits per heavy atom. The summed E-state index contributed by atoms with van der Waals surface area (Å²) in [5, 5.41) is 15.9. The van der Waals surface area contributed by atoms with Gasteiger partial charge in [0, 0.05) is 0 Å². The van der Waals surface area contributed by atoms with Gasteiger partial charge in [-0.15, -0.1) is 0 Å². The van der Waals surface area contributed by atoms with Crippen molar-refractivity contribution in [3.63, 3.8) is 0 Å². The van der Waals surface area contributed by atoms with Crippen LogP contribution in [0.3, 0.4) is 0 Å². The fourth-order valence-corrected chi connectivity index (χ4v) is 2.08. The predicted octanol–water partition coefficient (Wildman–Crippen LogP) is 3.51. The highest BCUT2D eigenvalue weighted by molar-refractivity contribution is 6.33. The number of carbonyl (C=O) groups excluding carboxylic acids is 1. The minimum absolute atomic E-state index is 0.0328. The normalized spacial score (nSPS) is 13.3. The van der Waals surface area contributed by atoms with Gasteiger partial charge < -0.3 is 15.7 Å². The molecule has 0 radical (unpaired) electrons. The van der Waals surface area contributed by atoms with Gasteiger partial charge in [0.15, 0.2) is 0 Å². The number of amides is 2. The first-order valence-electron chi connectivity index (χ1n) is 6.66. The van der Waals surface area contributed by atoms with Crippen LogP contribution in [0, 0.1) is 5.82 Å². The second-order valence-corrected chi connectivity index (χ2v) is 5.48.